The van der Waals surface area contributed by atoms with Crippen LogP contribution in [0.1, 0.15) is 367 Å². The van der Waals surface area contributed by atoms with Gasteiger partial charge in [-0.2, -0.15) is 0 Å². The van der Waals surface area contributed by atoms with Crippen molar-refractivity contribution in [3.63, 3.8) is 0 Å². The molecule has 16 nitrogen and oxygen atoms in total. The van der Waals surface area contributed by atoms with E-state index in [2.05, 4.69) is 179 Å². The van der Waals surface area contributed by atoms with Gasteiger partial charge in [0.2, 0.25) is 0 Å². The summed E-state index contributed by atoms with van der Waals surface area (Å²) in [4.78, 5) is 58.9. The van der Waals surface area contributed by atoms with Crippen molar-refractivity contribution in [3.8, 4) is 0 Å². The molecule has 5 unspecified atom stereocenters. The minimum atomic E-state index is -4.94. The number of rotatable bonds is 84. The molecule has 18 heteroatoms. The fraction of sp³-hybridized carbons (Fsp3) is 0.695. The van der Waals surface area contributed by atoms with Gasteiger partial charge in [-0.15, -0.1) is 0 Å². The van der Waals surface area contributed by atoms with Crippen LogP contribution < -0.4 is 0 Å². The molecule has 0 heterocycles. The predicted octanol–water partition coefficient (Wildman–Crippen LogP) is 27.3. The number of hydrogen-bond acceptors (Lipinski definition) is 14. The van der Waals surface area contributed by atoms with E-state index < -0.39 is 91.5 Å². The summed E-state index contributed by atoms with van der Waals surface area (Å²) < 4.78 is 61.4. The topological polar surface area (TPSA) is 231 Å². The first-order chi connectivity index (χ1) is 55.2. The minimum absolute atomic E-state index is 0.0907. The highest BCUT2D eigenvalue weighted by atomic mass is 31.2. The van der Waals surface area contributed by atoms with E-state index in [4.69, 9.17) is 32.3 Å². The number of phosphoric ester groups is 2. The van der Waals surface area contributed by atoms with Crippen LogP contribution in [0.25, 0.3) is 0 Å². The number of aliphatic hydroxyl groups excluding tert-OH is 2. The molecule has 0 aromatic carbocycles. The Labute approximate surface area is 689 Å². The molecule has 648 valence electrons. The van der Waals surface area contributed by atoms with E-state index in [9.17, 15) is 43.5 Å². The van der Waals surface area contributed by atoms with E-state index in [-0.39, 0.29) is 19.3 Å². The quantitative estimate of drug-likeness (QED) is 0.0146. The third kappa shape index (κ3) is 87.8. The molecular weight excluding hydrogens is 1460 g/mol. The van der Waals surface area contributed by atoms with Crippen molar-refractivity contribution < 1.29 is 75.8 Å². The zero-order valence-corrected chi connectivity index (χ0v) is 73.0. The van der Waals surface area contributed by atoms with E-state index in [1.54, 1.807) is 0 Å². The van der Waals surface area contributed by atoms with Gasteiger partial charge in [0.25, 0.3) is 0 Å². The Kier molecular flexibility index (Phi) is 82.8. The van der Waals surface area contributed by atoms with Gasteiger partial charge in [0.15, 0.2) is 6.10 Å². The largest absolute Gasteiger partial charge is 0.472 e. The molecule has 0 aromatic rings. The summed E-state index contributed by atoms with van der Waals surface area (Å²) >= 11 is 0. The lowest BCUT2D eigenvalue weighted by Gasteiger charge is -2.21. The van der Waals surface area contributed by atoms with Gasteiger partial charge in [-0.05, 0) is 141 Å². The van der Waals surface area contributed by atoms with Gasteiger partial charge < -0.3 is 34.2 Å². The zero-order valence-electron chi connectivity index (χ0n) is 71.3. The first kappa shape index (κ1) is 108. The Bertz CT molecular complexity index is 2680. The van der Waals surface area contributed by atoms with Crippen LogP contribution in [0.15, 0.2) is 158 Å². The summed E-state index contributed by atoms with van der Waals surface area (Å²) in [6, 6.07) is 0. The molecule has 0 radical (unpaired) electrons. The summed E-state index contributed by atoms with van der Waals surface area (Å²) in [5.74, 6) is -1.58. The molecule has 0 saturated heterocycles. The van der Waals surface area contributed by atoms with Crippen LogP contribution in [0.3, 0.4) is 0 Å². The number of carbonyl (C=O) groups excluding carboxylic acids is 3. The van der Waals surface area contributed by atoms with Gasteiger partial charge in [0, 0.05) is 19.3 Å². The van der Waals surface area contributed by atoms with Crippen LogP contribution in [0.4, 0.5) is 0 Å². The maximum absolute atomic E-state index is 13.0. The summed E-state index contributed by atoms with van der Waals surface area (Å²) in [6.45, 7) is 2.37. The summed E-state index contributed by atoms with van der Waals surface area (Å²) in [5.41, 5.74) is 0. The average Bonchev–Trinajstić information content (AvgIpc) is 0.901. The van der Waals surface area contributed by atoms with Gasteiger partial charge >= 0.3 is 33.6 Å². The van der Waals surface area contributed by atoms with Crippen LogP contribution in [-0.4, -0.2) is 95.9 Å². The molecule has 0 spiro atoms. The SMILES string of the molecule is CC/C=C\C/C=C\C/C=C\C/C=C\C/C=C\CCCCCCCCCCCCCCCCCC(=O)OCC(O)COP(=O)(O)OCC(O)COP(=O)(O)OCC(COC(=O)CCCCCCCCCCCCCCC/C=C\C/C=C\C/C=C\C/C=C\C/C=C\CC)OC(=O)CCCCCCCCC/C=C\C/C=C\C/C=C\CC. The van der Waals surface area contributed by atoms with Crippen molar-refractivity contribution in [1.82, 2.24) is 0 Å². The predicted molar refractivity (Wildman–Crippen MR) is 472 cm³/mol. The highest BCUT2D eigenvalue weighted by Gasteiger charge is 2.29. The molecular formula is C95H162O16P2. The van der Waals surface area contributed by atoms with Crippen LogP contribution in [0.2, 0.25) is 0 Å². The summed E-state index contributed by atoms with van der Waals surface area (Å²) in [7, 11) is -9.81. The Balaban J connectivity index is 4.52. The molecule has 0 fully saturated rings. The van der Waals surface area contributed by atoms with Gasteiger partial charge in [-0.1, -0.05) is 365 Å². The normalized spacial score (nSPS) is 14.6. The number of phosphoric acid groups is 2. The number of esters is 3. The van der Waals surface area contributed by atoms with Crippen molar-refractivity contribution >= 4 is 33.6 Å². The van der Waals surface area contributed by atoms with Gasteiger partial charge in [0.05, 0.1) is 26.4 Å². The second-order valence-corrected chi connectivity index (χ2v) is 32.5. The van der Waals surface area contributed by atoms with E-state index in [0.29, 0.717) is 19.3 Å². The fourth-order valence-corrected chi connectivity index (χ4v) is 13.6. The molecule has 0 amide bonds. The molecule has 113 heavy (non-hydrogen) atoms. The lowest BCUT2D eigenvalue weighted by atomic mass is 10.0. The average molecular weight is 1620 g/mol. The molecule has 5 atom stereocenters. The number of hydrogen-bond donors (Lipinski definition) is 4. The minimum Gasteiger partial charge on any atom is -0.463 e. The van der Waals surface area contributed by atoms with Crippen molar-refractivity contribution in [2.45, 2.75) is 386 Å². The smallest absolute Gasteiger partial charge is 0.463 e. The number of carbonyl (C=O) groups is 3. The molecule has 0 aliphatic heterocycles. The monoisotopic (exact) mass is 1620 g/mol. The zero-order chi connectivity index (χ0) is 82.2. The second-order valence-electron chi connectivity index (χ2n) is 29.6. The number of allylic oxidation sites excluding steroid dienone is 26. The maximum atomic E-state index is 13.0. The van der Waals surface area contributed by atoms with Gasteiger partial charge in [-0.25, -0.2) is 9.13 Å². The fourth-order valence-electron chi connectivity index (χ4n) is 12.1. The maximum Gasteiger partial charge on any atom is 0.472 e. The third-order valence-corrected chi connectivity index (χ3v) is 20.6. The number of ether oxygens (including phenoxy) is 3. The molecule has 0 bridgehead atoms. The summed E-state index contributed by atoms with van der Waals surface area (Å²) in [6.07, 6.45) is 110. The van der Waals surface area contributed by atoms with Gasteiger partial charge in [0.1, 0.15) is 25.4 Å². The Morgan fingerprint density at radius 2 is 0.442 bits per heavy atom. The van der Waals surface area contributed by atoms with E-state index in [1.807, 2.05) is 0 Å². The van der Waals surface area contributed by atoms with Crippen molar-refractivity contribution in [3.05, 3.63) is 158 Å². The lowest BCUT2D eigenvalue weighted by Crippen LogP contribution is -2.30. The molecule has 0 saturated carbocycles. The second kappa shape index (κ2) is 86.5. The highest BCUT2D eigenvalue weighted by Crippen LogP contribution is 2.45. The van der Waals surface area contributed by atoms with Crippen LogP contribution in [-0.2, 0) is 55.8 Å². The molecule has 0 aliphatic carbocycles. The van der Waals surface area contributed by atoms with Crippen molar-refractivity contribution in [1.29, 1.82) is 0 Å². The van der Waals surface area contributed by atoms with E-state index in [0.717, 1.165) is 180 Å². The Morgan fingerprint density at radius 3 is 0.699 bits per heavy atom. The van der Waals surface area contributed by atoms with E-state index >= 15 is 0 Å². The lowest BCUT2D eigenvalue weighted by molar-refractivity contribution is -0.161. The Hall–Kier alpha value is -4.83. The Morgan fingerprint density at radius 1 is 0.248 bits per heavy atom. The van der Waals surface area contributed by atoms with Gasteiger partial charge in [-0.3, -0.25) is 32.5 Å². The van der Waals surface area contributed by atoms with Crippen molar-refractivity contribution in [2.75, 3.05) is 39.6 Å². The standard InChI is InChI=1S/C95H162O16P2/c1-4-7-10-13-16-19-22-25-28-31-33-35-37-39-41-43-44-46-48-49-51-53-55-58-60-63-66-69-72-75-78-81-93(98)105-84-90(96)85-107-112(101,102)108-86-91(97)87-109-113(103,104)110-89-92(111-95(100)83-80-77-74-71-68-65-62-57-30-27-24-21-18-15-12-9-6-3)88-106-94(99)82-79-76-73-70-67-64-61-59-56-54-52-50-47-45-42-40-38-36-34-32-29-26-23-20-17-14-11-8-5-2/h7-12,16-21,25-30,33-36,39-42,90-92,96-97H,4-6,13-15,22-24,31-32,37-38,43-89H2,1-3H3,(H,101,102)(H,103,104)/b10-7-,11-8-,12-9-,19-16-,20-17-,21-18-,28-25-,29-26-,30-27-,35-33-,36-34-,41-39-,42-40-. The summed E-state index contributed by atoms with van der Waals surface area (Å²) in [5, 5.41) is 20.7. The molecule has 0 aliphatic rings. The van der Waals surface area contributed by atoms with Crippen LogP contribution >= 0.6 is 15.6 Å². The first-order valence-electron chi connectivity index (χ1n) is 44.8. The van der Waals surface area contributed by atoms with E-state index in [1.165, 1.54) is 128 Å². The first-order valence-corrected chi connectivity index (χ1v) is 47.8. The number of aliphatic hydroxyl groups is 2. The number of unbranched alkanes of at least 4 members (excludes halogenated alkanes) is 35. The highest BCUT2D eigenvalue weighted by molar-refractivity contribution is 7.47. The van der Waals surface area contributed by atoms with Crippen LogP contribution in [0.5, 0.6) is 0 Å². The molecule has 4 N–H and O–H groups in total. The molecule has 0 rings (SSSR count). The molecule has 0 aromatic heterocycles. The van der Waals surface area contributed by atoms with Crippen molar-refractivity contribution in [2.24, 2.45) is 0 Å². The van der Waals surface area contributed by atoms with Crippen LogP contribution in [0, 0.1) is 0 Å². The third-order valence-electron chi connectivity index (χ3n) is 18.7.